The summed E-state index contributed by atoms with van der Waals surface area (Å²) in [5.41, 5.74) is 6.59. The smallest absolute Gasteiger partial charge is 0.350 e. The zero-order valence-electron chi connectivity index (χ0n) is 12.3. The molecule has 0 atom stereocenters. The lowest BCUT2D eigenvalue weighted by Crippen LogP contribution is -2.28. The summed E-state index contributed by atoms with van der Waals surface area (Å²) in [5.74, 6) is -0.359. The molecule has 1 saturated carbocycles. The van der Waals surface area contributed by atoms with Crippen molar-refractivity contribution >= 4 is 39.8 Å². The Bertz CT molecular complexity index is 497. The van der Waals surface area contributed by atoms with Crippen molar-refractivity contribution in [3.63, 3.8) is 0 Å². The summed E-state index contributed by atoms with van der Waals surface area (Å²) in [6, 6.07) is 0.326. The van der Waals surface area contributed by atoms with Gasteiger partial charge in [0.15, 0.2) is 0 Å². The Kier molecular flexibility index (Phi) is 5.78. The Labute approximate surface area is 133 Å². The minimum absolute atomic E-state index is 0.174. The molecule has 4 N–H and O–H groups in total. The average Bonchev–Trinajstić information content (AvgIpc) is 2.78. The second-order valence-electron chi connectivity index (χ2n) is 5.08. The van der Waals surface area contributed by atoms with Gasteiger partial charge in [-0.05, 0) is 38.9 Å². The van der Waals surface area contributed by atoms with Gasteiger partial charge in [-0.1, -0.05) is 0 Å². The summed E-state index contributed by atoms with van der Waals surface area (Å²) < 4.78 is 5.05. The number of rotatable bonds is 5. The van der Waals surface area contributed by atoms with Crippen LogP contribution in [0.25, 0.3) is 0 Å². The zero-order chi connectivity index (χ0) is 15.4. The molecule has 118 valence electrons. The normalized spacial score (nSPS) is 22.0. The number of hydrogen-bond acceptors (Lipinski definition) is 7. The van der Waals surface area contributed by atoms with Crippen molar-refractivity contribution in [1.29, 1.82) is 0 Å². The molecule has 0 aliphatic heterocycles. The molecular weight excluding hydrogens is 308 g/mol. The molecule has 0 bridgehead atoms. The number of hydrogen-bond donors (Lipinski definition) is 3. The fourth-order valence-corrected chi connectivity index (χ4v) is 4.47. The number of thioether (sulfide) groups is 1. The molecule has 1 fully saturated rings. The van der Waals surface area contributed by atoms with E-state index in [9.17, 15) is 9.90 Å². The van der Waals surface area contributed by atoms with E-state index in [1.54, 1.807) is 6.92 Å². The summed E-state index contributed by atoms with van der Waals surface area (Å²) in [6.45, 7) is 2.12. The van der Waals surface area contributed by atoms with Crippen LogP contribution >= 0.6 is 23.1 Å². The SMILES string of the molecule is CCOC(=O)c1sc(NC2CCC(O)CC2)c(SC)c1N. The molecule has 0 spiro atoms. The van der Waals surface area contributed by atoms with Crippen molar-refractivity contribution < 1.29 is 14.6 Å². The molecule has 1 heterocycles. The predicted molar refractivity (Wildman–Crippen MR) is 88.4 cm³/mol. The maximum Gasteiger partial charge on any atom is 0.350 e. The number of nitrogen functional groups attached to an aromatic ring is 1. The van der Waals surface area contributed by atoms with Gasteiger partial charge in [0.25, 0.3) is 0 Å². The number of aliphatic hydroxyl groups excluding tert-OH is 1. The van der Waals surface area contributed by atoms with Crippen LogP contribution in [0.1, 0.15) is 42.3 Å². The minimum atomic E-state index is -0.359. The molecule has 1 aromatic heterocycles. The molecule has 1 aromatic rings. The summed E-state index contributed by atoms with van der Waals surface area (Å²) in [6.07, 6.45) is 5.27. The van der Waals surface area contributed by atoms with Gasteiger partial charge in [-0.15, -0.1) is 23.1 Å². The van der Waals surface area contributed by atoms with E-state index in [0.717, 1.165) is 35.6 Å². The zero-order valence-corrected chi connectivity index (χ0v) is 14.0. The third-order valence-electron chi connectivity index (χ3n) is 3.60. The van der Waals surface area contributed by atoms with Crippen molar-refractivity contribution in [2.24, 2.45) is 0 Å². The minimum Gasteiger partial charge on any atom is -0.462 e. The summed E-state index contributed by atoms with van der Waals surface area (Å²) >= 11 is 2.89. The van der Waals surface area contributed by atoms with Crippen LogP contribution in [0.2, 0.25) is 0 Å². The maximum atomic E-state index is 11.9. The third-order valence-corrected chi connectivity index (χ3v) is 5.67. The van der Waals surface area contributed by atoms with E-state index in [2.05, 4.69) is 5.32 Å². The van der Waals surface area contributed by atoms with Gasteiger partial charge in [0.2, 0.25) is 0 Å². The molecule has 1 aliphatic carbocycles. The predicted octanol–water partition coefficient (Wildman–Crippen LogP) is 2.94. The van der Waals surface area contributed by atoms with E-state index in [0.29, 0.717) is 23.2 Å². The maximum absolute atomic E-state index is 11.9. The second kappa shape index (κ2) is 7.38. The molecule has 0 unspecified atom stereocenters. The van der Waals surface area contributed by atoms with Gasteiger partial charge in [-0.3, -0.25) is 0 Å². The fraction of sp³-hybridized carbons (Fsp3) is 0.643. The fourth-order valence-electron chi connectivity index (χ4n) is 2.48. The van der Waals surface area contributed by atoms with Crippen LogP contribution in [0.15, 0.2) is 4.90 Å². The van der Waals surface area contributed by atoms with Crippen molar-refractivity contribution in [2.45, 2.75) is 49.6 Å². The molecule has 0 amide bonds. The van der Waals surface area contributed by atoms with Gasteiger partial charge in [-0.25, -0.2) is 4.79 Å². The number of thiophene rings is 1. The largest absolute Gasteiger partial charge is 0.462 e. The van der Waals surface area contributed by atoms with Gasteiger partial charge in [0.1, 0.15) is 9.88 Å². The van der Waals surface area contributed by atoms with Crippen LogP contribution in [0.3, 0.4) is 0 Å². The first-order valence-electron chi connectivity index (χ1n) is 7.14. The van der Waals surface area contributed by atoms with Crippen molar-refractivity contribution in [3.8, 4) is 0 Å². The number of nitrogens with one attached hydrogen (secondary N) is 1. The average molecular weight is 330 g/mol. The number of anilines is 2. The van der Waals surface area contributed by atoms with Crippen LogP contribution in [-0.2, 0) is 4.74 Å². The van der Waals surface area contributed by atoms with E-state index in [4.69, 9.17) is 10.5 Å². The number of aliphatic hydroxyl groups is 1. The Morgan fingerprint density at radius 1 is 1.48 bits per heavy atom. The first-order chi connectivity index (χ1) is 10.1. The van der Waals surface area contributed by atoms with Crippen LogP contribution in [0.4, 0.5) is 10.7 Å². The van der Waals surface area contributed by atoms with Crippen LogP contribution in [-0.4, -0.2) is 36.1 Å². The van der Waals surface area contributed by atoms with Crippen molar-refractivity contribution in [2.75, 3.05) is 23.9 Å². The Balaban J connectivity index is 2.15. The van der Waals surface area contributed by atoms with Crippen molar-refractivity contribution in [3.05, 3.63) is 4.88 Å². The van der Waals surface area contributed by atoms with E-state index in [1.807, 2.05) is 6.26 Å². The van der Waals surface area contributed by atoms with E-state index >= 15 is 0 Å². The number of ether oxygens (including phenoxy) is 1. The molecule has 0 saturated heterocycles. The first kappa shape index (κ1) is 16.5. The number of esters is 1. The highest BCUT2D eigenvalue weighted by atomic mass is 32.2. The third kappa shape index (κ3) is 3.84. The summed E-state index contributed by atoms with van der Waals surface area (Å²) in [4.78, 5) is 13.3. The summed E-state index contributed by atoms with van der Waals surface area (Å²) in [7, 11) is 0. The molecule has 2 rings (SSSR count). The van der Waals surface area contributed by atoms with Gasteiger partial charge in [-0.2, -0.15) is 0 Å². The number of carbonyl (C=O) groups is 1. The lowest BCUT2D eigenvalue weighted by atomic mass is 9.93. The van der Waals surface area contributed by atoms with E-state index in [-0.39, 0.29) is 12.1 Å². The lowest BCUT2D eigenvalue weighted by Gasteiger charge is -2.26. The highest BCUT2D eigenvalue weighted by molar-refractivity contribution is 7.99. The van der Waals surface area contributed by atoms with E-state index in [1.165, 1.54) is 23.1 Å². The molecule has 7 heteroatoms. The van der Waals surface area contributed by atoms with Gasteiger partial charge < -0.3 is 20.9 Å². The molecule has 21 heavy (non-hydrogen) atoms. The molecule has 5 nitrogen and oxygen atoms in total. The summed E-state index contributed by atoms with van der Waals surface area (Å²) in [5, 5.41) is 14.0. The van der Waals surface area contributed by atoms with E-state index < -0.39 is 0 Å². The monoisotopic (exact) mass is 330 g/mol. The number of nitrogens with two attached hydrogens (primary N) is 1. The first-order valence-corrected chi connectivity index (χ1v) is 9.18. The quantitative estimate of drug-likeness (QED) is 0.568. The van der Waals surface area contributed by atoms with Crippen LogP contribution in [0.5, 0.6) is 0 Å². The molecule has 0 aromatic carbocycles. The Morgan fingerprint density at radius 3 is 2.71 bits per heavy atom. The van der Waals surface area contributed by atoms with Crippen LogP contribution in [0, 0.1) is 0 Å². The van der Waals surface area contributed by atoms with Gasteiger partial charge in [0.05, 0.1) is 23.3 Å². The molecule has 0 radical (unpaired) electrons. The Morgan fingerprint density at radius 2 is 2.14 bits per heavy atom. The second-order valence-corrected chi connectivity index (χ2v) is 6.91. The highest BCUT2D eigenvalue weighted by Gasteiger charge is 2.25. The topological polar surface area (TPSA) is 84.6 Å². The molecule has 1 aliphatic rings. The van der Waals surface area contributed by atoms with Gasteiger partial charge >= 0.3 is 5.97 Å². The number of carbonyl (C=O) groups excluding carboxylic acids is 1. The molecular formula is C14H22N2O3S2. The van der Waals surface area contributed by atoms with Crippen LogP contribution < -0.4 is 11.1 Å². The lowest BCUT2D eigenvalue weighted by molar-refractivity contribution is 0.0533. The highest BCUT2D eigenvalue weighted by Crippen LogP contribution is 2.43. The Hall–Kier alpha value is -0.920. The standard InChI is InChI=1S/C14H22N2O3S2/c1-3-19-14(18)12-10(15)11(20-2)13(21-12)16-8-4-6-9(17)7-5-8/h8-9,16-17H,3-7,15H2,1-2H3. The van der Waals surface area contributed by atoms with Gasteiger partial charge in [0, 0.05) is 6.04 Å². The van der Waals surface area contributed by atoms with Crippen molar-refractivity contribution in [1.82, 2.24) is 0 Å².